The lowest BCUT2D eigenvalue weighted by Gasteiger charge is -2.12. The normalized spacial score (nSPS) is 16.3. The Morgan fingerprint density at radius 3 is 2.55 bits per heavy atom. The van der Waals surface area contributed by atoms with Crippen molar-refractivity contribution in [2.45, 2.75) is 19.8 Å². The van der Waals surface area contributed by atoms with Gasteiger partial charge in [-0.1, -0.05) is 13.3 Å². The Hall–Kier alpha value is 0.500. The zero-order valence-corrected chi connectivity index (χ0v) is 8.91. The second kappa shape index (κ2) is 6.06. The molecule has 0 heterocycles. The summed E-state index contributed by atoms with van der Waals surface area (Å²) in [4.78, 5) is 0. The first-order valence-corrected chi connectivity index (χ1v) is 6.92. The van der Waals surface area contributed by atoms with Crippen molar-refractivity contribution in [1.82, 2.24) is 0 Å². The molecule has 3 nitrogen and oxygen atoms in total. The molecule has 0 rings (SSSR count). The Kier molecular flexibility index (Phi) is 6.34. The SMILES string of the molecule is CCCCOP(=O)(OC)SC. The van der Waals surface area contributed by atoms with Crippen LogP contribution in [0.25, 0.3) is 0 Å². The zero-order valence-electron chi connectivity index (χ0n) is 7.20. The van der Waals surface area contributed by atoms with Gasteiger partial charge in [0.05, 0.1) is 6.61 Å². The Labute approximate surface area is 72.1 Å². The van der Waals surface area contributed by atoms with Gasteiger partial charge in [-0.3, -0.25) is 0 Å². The highest BCUT2D eigenvalue weighted by Gasteiger charge is 2.20. The number of hydrogen-bond acceptors (Lipinski definition) is 4. The maximum atomic E-state index is 11.3. The molecule has 0 fully saturated rings. The van der Waals surface area contributed by atoms with Gasteiger partial charge in [0.2, 0.25) is 0 Å². The van der Waals surface area contributed by atoms with Gasteiger partial charge >= 0.3 is 6.80 Å². The van der Waals surface area contributed by atoms with Crippen molar-refractivity contribution in [2.75, 3.05) is 20.0 Å². The van der Waals surface area contributed by atoms with Crippen molar-refractivity contribution < 1.29 is 13.6 Å². The summed E-state index contributed by atoms with van der Waals surface area (Å²) in [6, 6.07) is 0. The van der Waals surface area contributed by atoms with Crippen LogP contribution in [0.3, 0.4) is 0 Å². The fourth-order valence-corrected chi connectivity index (χ4v) is 2.20. The van der Waals surface area contributed by atoms with Crippen molar-refractivity contribution in [3.05, 3.63) is 0 Å². The van der Waals surface area contributed by atoms with Gasteiger partial charge in [-0.25, -0.2) is 4.57 Å². The Morgan fingerprint density at radius 2 is 2.18 bits per heavy atom. The molecule has 11 heavy (non-hydrogen) atoms. The second-order valence-corrected chi connectivity index (χ2v) is 6.32. The molecule has 1 atom stereocenters. The van der Waals surface area contributed by atoms with Gasteiger partial charge in [-0.15, -0.1) is 0 Å². The number of hydrogen-bond donors (Lipinski definition) is 0. The molecule has 0 N–H and O–H groups in total. The van der Waals surface area contributed by atoms with E-state index in [1.807, 2.05) is 0 Å². The Balaban J connectivity index is 3.61. The lowest BCUT2D eigenvalue weighted by molar-refractivity contribution is 0.246. The highest BCUT2D eigenvalue weighted by molar-refractivity contribution is 8.54. The summed E-state index contributed by atoms with van der Waals surface area (Å²) in [5.41, 5.74) is 0. The van der Waals surface area contributed by atoms with E-state index in [-0.39, 0.29) is 0 Å². The van der Waals surface area contributed by atoms with Crippen molar-refractivity contribution in [2.24, 2.45) is 0 Å². The summed E-state index contributed by atoms with van der Waals surface area (Å²) in [7, 11) is 1.41. The fourth-order valence-electron chi connectivity index (χ4n) is 0.501. The van der Waals surface area contributed by atoms with Crippen molar-refractivity contribution >= 4 is 18.2 Å². The first kappa shape index (κ1) is 11.5. The molecule has 0 saturated carbocycles. The first-order chi connectivity index (χ1) is 5.18. The molecule has 5 heteroatoms. The van der Waals surface area contributed by atoms with E-state index >= 15 is 0 Å². The van der Waals surface area contributed by atoms with Gasteiger partial charge in [-0.2, -0.15) is 0 Å². The Bertz CT molecular complexity index is 132. The maximum absolute atomic E-state index is 11.3. The van der Waals surface area contributed by atoms with Crippen molar-refractivity contribution in [3.8, 4) is 0 Å². The van der Waals surface area contributed by atoms with Crippen LogP contribution < -0.4 is 0 Å². The molecule has 0 spiro atoms. The summed E-state index contributed by atoms with van der Waals surface area (Å²) < 4.78 is 21.1. The standard InChI is InChI=1S/C6H15O3PS/c1-4-5-6-9-10(7,8-2)11-3/h4-6H2,1-3H3. The highest BCUT2D eigenvalue weighted by Crippen LogP contribution is 2.58. The van der Waals surface area contributed by atoms with Crippen LogP contribution >= 0.6 is 18.2 Å². The summed E-state index contributed by atoms with van der Waals surface area (Å²) >= 11 is 1.13. The Morgan fingerprint density at radius 1 is 1.55 bits per heavy atom. The lowest BCUT2D eigenvalue weighted by atomic mass is 10.4. The molecule has 0 saturated heterocycles. The minimum absolute atomic E-state index is 0.516. The van der Waals surface area contributed by atoms with Crippen molar-refractivity contribution in [3.63, 3.8) is 0 Å². The van der Waals surface area contributed by atoms with Gasteiger partial charge < -0.3 is 9.05 Å². The summed E-state index contributed by atoms with van der Waals surface area (Å²) in [5, 5.41) is 0. The molecule has 1 unspecified atom stereocenters. The topological polar surface area (TPSA) is 35.5 Å². The van der Waals surface area contributed by atoms with Crippen LogP contribution in [0, 0.1) is 0 Å². The van der Waals surface area contributed by atoms with Gasteiger partial charge in [0, 0.05) is 7.11 Å². The molecular formula is C6H15O3PS. The quantitative estimate of drug-likeness (QED) is 0.485. The van der Waals surface area contributed by atoms with E-state index in [9.17, 15) is 4.57 Å². The monoisotopic (exact) mass is 198 g/mol. The van der Waals surface area contributed by atoms with Crippen LogP contribution in [0.4, 0.5) is 0 Å². The molecule has 0 aliphatic carbocycles. The average Bonchev–Trinajstić information content (AvgIpc) is 2.05. The van der Waals surface area contributed by atoms with E-state index in [1.165, 1.54) is 7.11 Å². The lowest BCUT2D eigenvalue weighted by Crippen LogP contribution is -1.91. The third kappa shape index (κ3) is 4.86. The molecule has 0 bridgehead atoms. The smallest absolute Gasteiger partial charge is 0.304 e. The number of unbranched alkanes of at least 4 members (excludes halogenated alkanes) is 1. The molecule has 0 aromatic rings. The van der Waals surface area contributed by atoms with Crippen LogP contribution in [0.2, 0.25) is 0 Å². The summed E-state index contributed by atoms with van der Waals surface area (Å²) in [6.07, 6.45) is 3.68. The van der Waals surface area contributed by atoms with E-state index in [2.05, 4.69) is 6.92 Å². The summed E-state index contributed by atoms with van der Waals surface area (Å²) in [6.45, 7) is -0.222. The summed E-state index contributed by atoms with van der Waals surface area (Å²) in [5.74, 6) is 0. The molecule has 0 radical (unpaired) electrons. The van der Waals surface area contributed by atoms with Crippen molar-refractivity contribution in [1.29, 1.82) is 0 Å². The van der Waals surface area contributed by atoms with Crippen LogP contribution in [0.1, 0.15) is 19.8 Å². The zero-order chi connectivity index (χ0) is 8.74. The molecule has 0 aromatic carbocycles. The molecule has 0 aliphatic rings. The van der Waals surface area contributed by atoms with Gasteiger partial charge in [-0.05, 0) is 24.1 Å². The van der Waals surface area contributed by atoms with Gasteiger partial charge in [0.1, 0.15) is 0 Å². The maximum Gasteiger partial charge on any atom is 0.388 e. The van der Waals surface area contributed by atoms with Crippen LogP contribution in [0.5, 0.6) is 0 Å². The predicted molar refractivity (Wildman–Crippen MR) is 49.0 cm³/mol. The third-order valence-electron chi connectivity index (χ3n) is 1.19. The average molecular weight is 198 g/mol. The molecule has 0 amide bonds. The van der Waals surface area contributed by atoms with Crippen LogP contribution in [-0.2, 0) is 13.6 Å². The van der Waals surface area contributed by atoms with E-state index in [0.717, 1.165) is 24.2 Å². The second-order valence-electron chi connectivity index (χ2n) is 2.00. The van der Waals surface area contributed by atoms with Crippen LogP contribution in [0.15, 0.2) is 0 Å². The molecular weight excluding hydrogens is 183 g/mol. The van der Waals surface area contributed by atoms with E-state index in [1.54, 1.807) is 6.26 Å². The van der Waals surface area contributed by atoms with Gasteiger partial charge in [0.25, 0.3) is 0 Å². The third-order valence-corrected chi connectivity index (χ3v) is 4.69. The molecule has 0 aliphatic heterocycles. The first-order valence-electron chi connectivity index (χ1n) is 3.54. The minimum atomic E-state index is -2.79. The highest BCUT2D eigenvalue weighted by atomic mass is 32.7. The largest absolute Gasteiger partial charge is 0.388 e. The van der Waals surface area contributed by atoms with E-state index in [0.29, 0.717) is 6.61 Å². The predicted octanol–water partition coefficient (Wildman–Crippen LogP) is 2.92. The number of rotatable bonds is 6. The molecule has 68 valence electrons. The van der Waals surface area contributed by atoms with Gasteiger partial charge in [0.15, 0.2) is 0 Å². The fraction of sp³-hybridized carbons (Fsp3) is 1.00. The van der Waals surface area contributed by atoms with E-state index in [4.69, 9.17) is 9.05 Å². The minimum Gasteiger partial charge on any atom is -0.304 e. The van der Waals surface area contributed by atoms with E-state index < -0.39 is 6.80 Å². The molecule has 0 aromatic heterocycles. The van der Waals surface area contributed by atoms with Crippen LogP contribution in [-0.4, -0.2) is 20.0 Å².